The molecular formula is C15H28N2O3. The number of piperazine rings is 1. The maximum atomic E-state index is 12.7. The van der Waals surface area contributed by atoms with Crippen molar-refractivity contribution in [2.75, 3.05) is 13.2 Å². The molecule has 116 valence electrons. The molecule has 0 aliphatic carbocycles. The average molecular weight is 284 g/mol. The SMILES string of the molecule is CCOC(C)(C)CN1C(=O)C(C)(CC)NC(=O)C1CC. The summed E-state index contributed by atoms with van der Waals surface area (Å²) in [7, 11) is 0. The predicted molar refractivity (Wildman–Crippen MR) is 78.3 cm³/mol. The molecule has 0 aromatic carbocycles. The standard InChI is InChI=1S/C15H28N2O3/c1-7-11-12(18)16-15(6,8-2)13(19)17(11)10-14(4,5)20-9-3/h11H,7-10H2,1-6H3,(H,16,18). The first-order chi connectivity index (χ1) is 9.20. The summed E-state index contributed by atoms with van der Waals surface area (Å²) in [6.45, 7) is 12.5. The Morgan fingerprint density at radius 1 is 1.30 bits per heavy atom. The van der Waals surface area contributed by atoms with Crippen molar-refractivity contribution in [1.82, 2.24) is 10.2 Å². The van der Waals surface area contributed by atoms with Gasteiger partial charge in [-0.05, 0) is 40.5 Å². The zero-order chi connectivity index (χ0) is 15.6. The van der Waals surface area contributed by atoms with Crippen molar-refractivity contribution in [3.05, 3.63) is 0 Å². The molecule has 1 rings (SSSR count). The molecule has 1 saturated heterocycles. The molecule has 0 saturated carbocycles. The maximum Gasteiger partial charge on any atom is 0.248 e. The van der Waals surface area contributed by atoms with Crippen molar-refractivity contribution >= 4 is 11.8 Å². The Bertz CT molecular complexity index is 381. The molecule has 1 heterocycles. The number of rotatable bonds is 6. The highest BCUT2D eigenvalue weighted by Crippen LogP contribution is 2.25. The van der Waals surface area contributed by atoms with Gasteiger partial charge in [-0.15, -0.1) is 0 Å². The second-order valence-electron chi connectivity index (χ2n) is 6.22. The van der Waals surface area contributed by atoms with Crippen LogP contribution in [0.25, 0.3) is 0 Å². The van der Waals surface area contributed by atoms with E-state index in [1.54, 1.807) is 11.8 Å². The smallest absolute Gasteiger partial charge is 0.248 e. The van der Waals surface area contributed by atoms with E-state index in [0.717, 1.165) is 0 Å². The first-order valence-electron chi connectivity index (χ1n) is 7.47. The molecule has 0 spiro atoms. The van der Waals surface area contributed by atoms with E-state index in [0.29, 0.717) is 26.0 Å². The topological polar surface area (TPSA) is 58.6 Å². The van der Waals surface area contributed by atoms with E-state index in [1.807, 2.05) is 34.6 Å². The van der Waals surface area contributed by atoms with E-state index in [4.69, 9.17) is 4.74 Å². The molecule has 5 nitrogen and oxygen atoms in total. The van der Waals surface area contributed by atoms with Gasteiger partial charge >= 0.3 is 0 Å². The zero-order valence-corrected chi connectivity index (χ0v) is 13.6. The third-order valence-electron chi connectivity index (χ3n) is 3.99. The minimum atomic E-state index is -0.801. The van der Waals surface area contributed by atoms with E-state index < -0.39 is 17.2 Å². The Kier molecular flexibility index (Phi) is 5.19. The molecule has 1 N–H and O–H groups in total. The van der Waals surface area contributed by atoms with E-state index in [1.165, 1.54) is 0 Å². The van der Waals surface area contributed by atoms with Crippen LogP contribution in [-0.2, 0) is 14.3 Å². The van der Waals surface area contributed by atoms with Gasteiger partial charge in [0, 0.05) is 6.61 Å². The normalized spacial score (nSPS) is 27.7. The molecule has 2 unspecified atom stereocenters. The lowest BCUT2D eigenvalue weighted by atomic mass is 9.90. The fraction of sp³-hybridized carbons (Fsp3) is 0.867. The van der Waals surface area contributed by atoms with Crippen molar-refractivity contribution in [3.63, 3.8) is 0 Å². The van der Waals surface area contributed by atoms with Crippen LogP contribution >= 0.6 is 0 Å². The van der Waals surface area contributed by atoms with Gasteiger partial charge in [-0.2, -0.15) is 0 Å². The van der Waals surface area contributed by atoms with Crippen LogP contribution in [0, 0.1) is 0 Å². The summed E-state index contributed by atoms with van der Waals surface area (Å²) >= 11 is 0. The summed E-state index contributed by atoms with van der Waals surface area (Å²) in [6.07, 6.45) is 1.19. The van der Waals surface area contributed by atoms with Crippen LogP contribution in [0.15, 0.2) is 0 Å². The number of hydrogen-bond donors (Lipinski definition) is 1. The van der Waals surface area contributed by atoms with Crippen molar-refractivity contribution in [2.24, 2.45) is 0 Å². The second-order valence-corrected chi connectivity index (χ2v) is 6.22. The van der Waals surface area contributed by atoms with Gasteiger partial charge in [0.2, 0.25) is 11.8 Å². The van der Waals surface area contributed by atoms with Gasteiger partial charge in [0.05, 0.1) is 12.1 Å². The Morgan fingerprint density at radius 3 is 2.35 bits per heavy atom. The molecule has 2 atom stereocenters. The van der Waals surface area contributed by atoms with Crippen molar-refractivity contribution in [3.8, 4) is 0 Å². The van der Waals surface area contributed by atoms with E-state index in [9.17, 15) is 9.59 Å². The molecule has 1 aliphatic rings. The summed E-state index contributed by atoms with van der Waals surface area (Å²) in [6, 6.07) is -0.401. The summed E-state index contributed by atoms with van der Waals surface area (Å²) in [4.78, 5) is 26.7. The number of carbonyl (C=O) groups excluding carboxylic acids is 2. The maximum absolute atomic E-state index is 12.7. The van der Waals surface area contributed by atoms with Gasteiger partial charge in [-0.1, -0.05) is 13.8 Å². The van der Waals surface area contributed by atoms with E-state index in [-0.39, 0.29) is 11.8 Å². The Labute approximate surface area is 122 Å². The number of carbonyl (C=O) groups is 2. The highest BCUT2D eigenvalue weighted by Gasteiger charge is 2.47. The number of ether oxygens (including phenoxy) is 1. The van der Waals surface area contributed by atoms with Crippen LogP contribution in [0.4, 0.5) is 0 Å². The fourth-order valence-electron chi connectivity index (χ4n) is 2.68. The molecule has 0 aromatic rings. The largest absolute Gasteiger partial charge is 0.374 e. The Morgan fingerprint density at radius 2 is 1.90 bits per heavy atom. The third-order valence-corrected chi connectivity index (χ3v) is 3.99. The van der Waals surface area contributed by atoms with Gasteiger partial charge < -0.3 is 15.0 Å². The highest BCUT2D eigenvalue weighted by atomic mass is 16.5. The van der Waals surface area contributed by atoms with Crippen LogP contribution in [0.3, 0.4) is 0 Å². The van der Waals surface area contributed by atoms with Gasteiger partial charge in [0.1, 0.15) is 11.6 Å². The molecule has 1 fully saturated rings. The molecule has 1 aliphatic heterocycles. The number of nitrogens with one attached hydrogen (secondary N) is 1. The zero-order valence-electron chi connectivity index (χ0n) is 13.6. The van der Waals surface area contributed by atoms with E-state index in [2.05, 4.69) is 5.32 Å². The fourth-order valence-corrected chi connectivity index (χ4v) is 2.68. The molecule has 0 radical (unpaired) electrons. The van der Waals surface area contributed by atoms with Crippen LogP contribution in [-0.4, -0.2) is 47.0 Å². The number of amides is 2. The van der Waals surface area contributed by atoms with Gasteiger partial charge in [-0.3, -0.25) is 9.59 Å². The van der Waals surface area contributed by atoms with Gasteiger partial charge in [0.15, 0.2) is 0 Å². The molecule has 0 aromatic heterocycles. The summed E-state index contributed by atoms with van der Waals surface area (Å²) in [5, 5.41) is 2.87. The molecule has 0 bridgehead atoms. The average Bonchev–Trinajstić information content (AvgIpc) is 2.35. The molecule has 5 heteroatoms. The monoisotopic (exact) mass is 284 g/mol. The minimum Gasteiger partial charge on any atom is -0.374 e. The lowest BCUT2D eigenvalue weighted by Crippen LogP contribution is -2.70. The Balaban J connectivity index is 3.03. The third kappa shape index (κ3) is 3.32. The predicted octanol–water partition coefficient (Wildman–Crippen LogP) is 1.71. The first kappa shape index (κ1) is 17.0. The van der Waals surface area contributed by atoms with E-state index >= 15 is 0 Å². The number of nitrogens with zero attached hydrogens (tertiary/aromatic N) is 1. The second kappa shape index (κ2) is 6.12. The summed E-state index contributed by atoms with van der Waals surface area (Å²) < 4.78 is 5.68. The summed E-state index contributed by atoms with van der Waals surface area (Å²) in [5.41, 5.74) is -1.25. The molecular weight excluding hydrogens is 256 g/mol. The highest BCUT2D eigenvalue weighted by molar-refractivity contribution is 5.99. The van der Waals surface area contributed by atoms with Crippen LogP contribution in [0.5, 0.6) is 0 Å². The van der Waals surface area contributed by atoms with Crippen LogP contribution in [0.1, 0.15) is 54.4 Å². The number of hydrogen-bond acceptors (Lipinski definition) is 3. The van der Waals surface area contributed by atoms with Crippen molar-refractivity contribution < 1.29 is 14.3 Å². The van der Waals surface area contributed by atoms with Gasteiger partial charge in [-0.25, -0.2) is 0 Å². The lowest BCUT2D eigenvalue weighted by Gasteiger charge is -2.46. The first-order valence-corrected chi connectivity index (χ1v) is 7.47. The molecule has 20 heavy (non-hydrogen) atoms. The van der Waals surface area contributed by atoms with Crippen molar-refractivity contribution in [1.29, 1.82) is 0 Å². The quantitative estimate of drug-likeness (QED) is 0.808. The van der Waals surface area contributed by atoms with Crippen LogP contribution < -0.4 is 5.32 Å². The van der Waals surface area contributed by atoms with Gasteiger partial charge in [0.25, 0.3) is 0 Å². The summed E-state index contributed by atoms with van der Waals surface area (Å²) in [5.74, 6) is -0.0806. The lowest BCUT2D eigenvalue weighted by molar-refractivity contribution is -0.159. The Hall–Kier alpha value is -1.10. The minimum absolute atomic E-state index is 0.0146. The molecule has 2 amide bonds. The van der Waals surface area contributed by atoms with Crippen LogP contribution in [0.2, 0.25) is 0 Å². The van der Waals surface area contributed by atoms with Crippen molar-refractivity contribution in [2.45, 2.75) is 71.6 Å².